The first kappa shape index (κ1) is 26.6. The SMILES string of the molecule is CCOC(=O)C(O)C[N@@+](CCc1ccccc1)(c1cc(F)cc(C(F)(F)F)c1)c1ccc(Cl)cn1. The highest BCUT2D eigenvalue weighted by atomic mass is 35.5. The fourth-order valence-electron chi connectivity index (χ4n) is 3.85. The van der Waals surface area contributed by atoms with Gasteiger partial charge in [0.25, 0.3) is 0 Å². The summed E-state index contributed by atoms with van der Waals surface area (Å²) in [4.78, 5) is 16.6. The lowest BCUT2D eigenvalue weighted by Crippen LogP contribution is -2.53. The number of nitrogens with zero attached hydrogens (tertiary/aromatic N) is 2. The number of quaternary nitrogens is 1. The molecule has 2 aromatic carbocycles. The summed E-state index contributed by atoms with van der Waals surface area (Å²) < 4.78 is 59.7. The molecule has 3 rings (SSSR count). The van der Waals surface area contributed by atoms with E-state index in [9.17, 15) is 27.5 Å². The Kier molecular flexibility index (Phi) is 8.47. The predicted molar refractivity (Wildman–Crippen MR) is 125 cm³/mol. The number of rotatable bonds is 9. The molecule has 1 heterocycles. The van der Waals surface area contributed by atoms with Gasteiger partial charge in [0.1, 0.15) is 18.0 Å². The number of carbonyl (C=O) groups excluding carboxylic acids is 1. The zero-order chi connectivity index (χ0) is 25.6. The average molecular weight is 512 g/mol. The van der Waals surface area contributed by atoms with Crippen LogP contribution >= 0.6 is 11.6 Å². The van der Waals surface area contributed by atoms with E-state index in [1.54, 1.807) is 6.92 Å². The molecule has 0 saturated carbocycles. The number of alkyl halides is 3. The third-order valence-corrected chi connectivity index (χ3v) is 5.75. The summed E-state index contributed by atoms with van der Waals surface area (Å²) in [6, 6.07) is 14.2. The number of pyridine rings is 1. The summed E-state index contributed by atoms with van der Waals surface area (Å²) in [5.74, 6) is -1.89. The van der Waals surface area contributed by atoms with Gasteiger partial charge in [0.05, 0.1) is 29.9 Å². The molecule has 3 aromatic rings. The monoisotopic (exact) mass is 511 g/mol. The number of hydrogen-bond donors (Lipinski definition) is 1. The second-order valence-corrected chi connectivity index (χ2v) is 8.34. The minimum atomic E-state index is -4.82. The van der Waals surface area contributed by atoms with Crippen LogP contribution < -0.4 is 4.48 Å². The van der Waals surface area contributed by atoms with Crippen molar-refractivity contribution in [1.29, 1.82) is 0 Å². The third kappa shape index (κ3) is 6.56. The van der Waals surface area contributed by atoms with Crippen molar-refractivity contribution in [3.05, 3.63) is 88.8 Å². The van der Waals surface area contributed by atoms with Gasteiger partial charge in [0.2, 0.25) is 11.9 Å². The summed E-state index contributed by atoms with van der Waals surface area (Å²) in [6.07, 6.45) is -4.93. The van der Waals surface area contributed by atoms with E-state index in [0.29, 0.717) is 12.5 Å². The molecule has 0 fully saturated rings. The topological polar surface area (TPSA) is 59.4 Å². The van der Waals surface area contributed by atoms with Crippen molar-refractivity contribution in [2.24, 2.45) is 0 Å². The molecule has 0 bridgehead atoms. The minimum Gasteiger partial charge on any atom is -0.464 e. The molecule has 35 heavy (non-hydrogen) atoms. The van der Waals surface area contributed by atoms with Gasteiger partial charge in [-0.15, -0.1) is 0 Å². The van der Waals surface area contributed by atoms with Crippen molar-refractivity contribution in [2.45, 2.75) is 25.6 Å². The van der Waals surface area contributed by atoms with Gasteiger partial charge in [-0.25, -0.2) is 18.7 Å². The van der Waals surface area contributed by atoms with E-state index >= 15 is 0 Å². The van der Waals surface area contributed by atoms with Crippen LogP contribution in [0.1, 0.15) is 18.1 Å². The zero-order valence-electron chi connectivity index (χ0n) is 18.8. The van der Waals surface area contributed by atoms with Crippen molar-refractivity contribution < 1.29 is 32.2 Å². The smallest absolute Gasteiger partial charge is 0.416 e. The number of hydrogen-bond acceptors (Lipinski definition) is 4. The molecule has 5 nitrogen and oxygen atoms in total. The van der Waals surface area contributed by atoms with Crippen LogP contribution in [0.25, 0.3) is 0 Å². The highest BCUT2D eigenvalue weighted by Gasteiger charge is 2.42. The van der Waals surface area contributed by atoms with Crippen LogP contribution in [0.2, 0.25) is 5.02 Å². The van der Waals surface area contributed by atoms with Crippen molar-refractivity contribution >= 4 is 29.1 Å². The van der Waals surface area contributed by atoms with Crippen molar-refractivity contribution in [1.82, 2.24) is 9.47 Å². The molecule has 0 radical (unpaired) electrons. The van der Waals surface area contributed by atoms with E-state index in [0.717, 1.165) is 17.7 Å². The number of carbonyl (C=O) groups is 1. The molecule has 186 valence electrons. The maximum atomic E-state index is 14.5. The van der Waals surface area contributed by atoms with Gasteiger partial charge in [-0.1, -0.05) is 41.9 Å². The summed E-state index contributed by atoms with van der Waals surface area (Å²) in [7, 11) is 0. The fourth-order valence-corrected chi connectivity index (χ4v) is 3.96. The van der Waals surface area contributed by atoms with Gasteiger partial charge in [-0.3, -0.25) is 0 Å². The molecular formula is C25H24ClF4N2O3+. The van der Waals surface area contributed by atoms with Gasteiger partial charge >= 0.3 is 12.1 Å². The van der Waals surface area contributed by atoms with Crippen molar-refractivity contribution in [3.8, 4) is 0 Å². The molecule has 1 aromatic heterocycles. The lowest BCUT2D eigenvalue weighted by Gasteiger charge is -2.38. The Labute approximate surface area is 205 Å². The molecule has 1 N–H and O–H groups in total. The van der Waals surface area contributed by atoms with Crippen LogP contribution in [0.15, 0.2) is 66.9 Å². The molecular weight excluding hydrogens is 488 g/mol. The van der Waals surface area contributed by atoms with Crippen LogP contribution in [0.3, 0.4) is 0 Å². The first-order chi connectivity index (χ1) is 16.5. The number of aromatic nitrogens is 1. The van der Waals surface area contributed by atoms with Crippen LogP contribution in [0.4, 0.5) is 29.1 Å². The number of halogens is 5. The Bertz CT molecular complexity index is 1140. The van der Waals surface area contributed by atoms with Gasteiger partial charge in [-0.2, -0.15) is 13.2 Å². The Morgan fingerprint density at radius 2 is 1.86 bits per heavy atom. The van der Waals surface area contributed by atoms with Gasteiger partial charge in [0, 0.05) is 24.6 Å². The molecule has 0 aliphatic rings. The van der Waals surface area contributed by atoms with E-state index in [1.807, 2.05) is 30.3 Å². The molecule has 0 spiro atoms. The summed E-state index contributed by atoms with van der Waals surface area (Å²) in [6.45, 7) is 1.17. The van der Waals surface area contributed by atoms with E-state index < -0.39 is 40.7 Å². The largest absolute Gasteiger partial charge is 0.464 e. The fraction of sp³-hybridized carbons (Fsp3) is 0.280. The number of benzene rings is 2. The normalized spacial score (nSPS) is 14.3. The Hall–Kier alpha value is -3.01. The lowest BCUT2D eigenvalue weighted by atomic mass is 10.1. The minimum absolute atomic E-state index is 0.00269. The first-order valence-corrected chi connectivity index (χ1v) is 11.2. The van der Waals surface area contributed by atoms with Gasteiger partial charge in [0.15, 0.2) is 0 Å². The molecule has 0 amide bonds. The predicted octanol–water partition coefficient (Wildman–Crippen LogP) is 5.70. The first-order valence-electron chi connectivity index (χ1n) is 10.8. The van der Waals surface area contributed by atoms with Crippen molar-refractivity contribution in [2.75, 3.05) is 19.7 Å². The molecule has 0 saturated heterocycles. The molecule has 10 heteroatoms. The van der Waals surface area contributed by atoms with Crippen molar-refractivity contribution in [3.63, 3.8) is 0 Å². The Balaban J connectivity index is 2.22. The van der Waals surface area contributed by atoms with Crippen LogP contribution in [-0.2, 0) is 22.1 Å². The quantitative estimate of drug-likeness (QED) is 0.227. The lowest BCUT2D eigenvalue weighted by molar-refractivity contribution is -0.153. The average Bonchev–Trinajstić information content (AvgIpc) is 2.82. The van der Waals surface area contributed by atoms with Gasteiger partial charge < -0.3 is 9.84 Å². The second kappa shape index (κ2) is 11.2. The maximum absolute atomic E-state index is 14.5. The van der Waals surface area contributed by atoms with E-state index in [-0.39, 0.29) is 29.7 Å². The number of esters is 1. The summed E-state index contributed by atoms with van der Waals surface area (Å²) in [5.41, 5.74) is -0.484. The third-order valence-electron chi connectivity index (χ3n) is 5.52. The molecule has 1 unspecified atom stereocenters. The Morgan fingerprint density at radius 1 is 1.14 bits per heavy atom. The van der Waals surface area contributed by atoms with Crippen LogP contribution in [0.5, 0.6) is 0 Å². The molecule has 0 aliphatic carbocycles. The number of aliphatic hydroxyl groups excluding tert-OH is 1. The van der Waals surface area contributed by atoms with Crippen LogP contribution in [-0.4, -0.2) is 41.9 Å². The highest BCUT2D eigenvalue weighted by molar-refractivity contribution is 6.30. The summed E-state index contributed by atoms with van der Waals surface area (Å²) >= 11 is 5.99. The molecule has 2 atom stereocenters. The summed E-state index contributed by atoms with van der Waals surface area (Å²) in [5, 5.41) is 11.0. The number of aliphatic hydroxyl groups is 1. The molecule has 0 aliphatic heterocycles. The van der Waals surface area contributed by atoms with Gasteiger partial charge in [-0.05, 0) is 24.6 Å². The van der Waals surface area contributed by atoms with E-state index in [2.05, 4.69) is 4.98 Å². The van der Waals surface area contributed by atoms with Crippen LogP contribution in [0, 0.1) is 5.82 Å². The zero-order valence-corrected chi connectivity index (χ0v) is 19.6. The highest BCUT2D eigenvalue weighted by Crippen LogP contribution is 2.39. The second-order valence-electron chi connectivity index (χ2n) is 7.91. The van der Waals surface area contributed by atoms with E-state index in [4.69, 9.17) is 16.3 Å². The number of ether oxygens (including phenoxy) is 1. The maximum Gasteiger partial charge on any atom is 0.416 e. The Morgan fingerprint density at radius 3 is 2.46 bits per heavy atom. The van der Waals surface area contributed by atoms with E-state index in [1.165, 1.54) is 18.3 Å². The standard InChI is InChI=1S/C25H24ClF4N2O3/c1-2-35-24(34)22(33)16-32(23-9-8-19(26)15-31-23,11-10-17-6-4-3-5-7-17)21-13-18(25(28,29)30)12-20(27)14-21/h3-9,12-15,22,33H,2,10-11,16H2,1H3/q+1/t22?,32-/m0/s1.